The second-order valence-electron chi connectivity index (χ2n) is 8.58. The van der Waals surface area contributed by atoms with Gasteiger partial charge in [0.15, 0.2) is 5.58 Å². The molecule has 2 aromatic rings. The standard InChI is InChI=1S/C20H30N4O5S/c1-6-24-16-8-7-14(13-17(16)29-19(24)26)21-18(25)22(5)15-9-11-23(12-10-15)30(27,28)20(2,3)4/h7-8,13,15H,6,9-12H2,1-5H3,(H,21,25). The molecule has 3 rings (SSSR count). The van der Waals surface area contributed by atoms with Crippen LogP contribution in [0.4, 0.5) is 10.5 Å². The van der Waals surface area contributed by atoms with Crippen molar-refractivity contribution in [2.75, 3.05) is 25.5 Å². The zero-order valence-electron chi connectivity index (χ0n) is 18.1. The van der Waals surface area contributed by atoms with E-state index in [0.29, 0.717) is 49.3 Å². The van der Waals surface area contributed by atoms with Gasteiger partial charge in [0, 0.05) is 44.5 Å². The lowest BCUT2D eigenvalue weighted by Crippen LogP contribution is -2.51. The number of fused-ring (bicyclic) bond motifs is 1. The third-order valence-electron chi connectivity index (χ3n) is 5.64. The predicted molar refractivity (Wildman–Crippen MR) is 116 cm³/mol. The number of urea groups is 1. The van der Waals surface area contributed by atoms with Gasteiger partial charge >= 0.3 is 11.8 Å². The fourth-order valence-electron chi connectivity index (χ4n) is 3.68. The number of aryl methyl sites for hydroxylation is 1. The van der Waals surface area contributed by atoms with Gasteiger partial charge < -0.3 is 14.6 Å². The van der Waals surface area contributed by atoms with Crippen molar-refractivity contribution in [2.24, 2.45) is 0 Å². The van der Waals surface area contributed by atoms with Crippen LogP contribution in [0.1, 0.15) is 40.5 Å². The Hall–Kier alpha value is -2.33. The number of hydrogen-bond acceptors (Lipinski definition) is 5. The Labute approximate surface area is 176 Å². The van der Waals surface area contributed by atoms with E-state index in [9.17, 15) is 18.0 Å². The SMILES string of the molecule is CCn1c(=O)oc2cc(NC(=O)N(C)C3CCN(S(=O)(=O)C(C)(C)C)CC3)ccc21. The van der Waals surface area contributed by atoms with E-state index in [4.69, 9.17) is 4.42 Å². The van der Waals surface area contributed by atoms with Crippen LogP contribution in [0.25, 0.3) is 11.1 Å². The number of nitrogens with one attached hydrogen (secondary N) is 1. The molecule has 1 aromatic heterocycles. The van der Waals surface area contributed by atoms with Gasteiger partial charge in [-0.25, -0.2) is 22.3 Å². The van der Waals surface area contributed by atoms with Gasteiger partial charge in [-0.05, 0) is 52.7 Å². The lowest BCUT2D eigenvalue weighted by molar-refractivity contribution is 0.173. The summed E-state index contributed by atoms with van der Waals surface area (Å²) in [5, 5.41) is 2.83. The fraction of sp³-hybridized carbons (Fsp3) is 0.600. The van der Waals surface area contributed by atoms with E-state index in [2.05, 4.69) is 5.32 Å². The quantitative estimate of drug-likeness (QED) is 0.790. The summed E-state index contributed by atoms with van der Waals surface area (Å²) in [6, 6.07) is 4.76. The molecule has 1 N–H and O–H groups in total. The molecule has 10 heteroatoms. The van der Waals surface area contributed by atoms with Gasteiger partial charge in [-0.1, -0.05) is 0 Å². The minimum atomic E-state index is -3.37. The van der Waals surface area contributed by atoms with E-state index >= 15 is 0 Å². The van der Waals surface area contributed by atoms with Crippen molar-refractivity contribution in [1.29, 1.82) is 0 Å². The molecule has 30 heavy (non-hydrogen) atoms. The third-order valence-corrected chi connectivity index (χ3v) is 8.23. The average Bonchev–Trinajstić information content (AvgIpc) is 3.00. The summed E-state index contributed by atoms with van der Waals surface area (Å²) in [7, 11) is -1.66. The summed E-state index contributed by atoms with van der Waals surface area (Å²) in [4.78, 5) is 26.1. The number of benzene rings is 1. The number of hydrogen-bond donors (Lipinski definition) is 1. The second kappa shape index (κ2) is 8.07. The Bertz CT molecular complexity index is 1090. The Kier molecular flexibility index (Phi) is 6.01. The molecule has 0 bridgehead atoms. The van der Waals surface area contributed by atoms with Crippen LogP contribution < -0.4 is 11.1 Å². The Morgan fingerprint density at radius 1 is 1.27 bits per heavy atom. The van der Waals surface area contributed by atoms with Crippen LogP contribution in [0.2, 0.25) is 0 Å². The van der Waals surface area contributed by atoms with Gasteiger partial charge in [0.05, 0.1) is 10.3 Å². The molecule has 2 amide bonds. The molecule has 0 atom stereocenters. The van der Waals surface area contributed by atoms with E-state index < -0.39 is 20.5 Å². The Balaban J connectivity index is 1.64. The number of carbonyl (C=O) groups is 1. The molecule has 0 aliphatic carbocycles. The van der Waals surface area contributed by atoms with Crippen molar-refractivity contribution in [3.63, 3.8) is 0 Å². The molecular formula is C20H30N4O5S. The Morgan fingerprint density at radius 3 is 2.47 bits per heavy atom. The van der Waals surface area contributed by atoms with Crippen molar-refractivity contribution < 1.29 is 17.6 Å². The maximum atomic E-state index is 12.7. The maximum Gasteiger partial charge on any atom is 0.419 e. The minimum absolute atomic E-state index is 0.0562. The molecule has 1 aliphatic rings. The van der Waals surface area contributed by atoms with Crippen LogP contribution in [-0.2, 0) is 16.6 Å². The van der Waals surface area contributed by atoms with Crippen LogP contribution in [-0.4, -0.2) is 59.1 Å². The first-order valence-electron chi connectivity index (χ1n) is 10.1. The van der Waals surface area contributed by atoms with Gasteiger partial charge in [-0.15, -0.1) is 0 Å². The highest BCUT2D eigenvalue weighted by Gasteiger charge is 2.38. The number of carbonyl (C=O) groups excluding carboxylic acids is 1. The number of sulfonamides is 1. The Morgan fingerprint density at radius 2 is 1.90 bits per heavy atom. The van der Waals surface area contributed by atoms with Crippen LogP contribution >= 0.6 is 0 Å². The highest BCUT2D eigenvalue weighted by atomic mass is 32.2. The number of rotatable bonds is 4. The van der Waals surface area contributed by atoms with Gasteiger partial charge in [-0.2, -0.15) is 0 Å². The molecule has 1 fully saturated rings. The van der Waals surface area contributed by atoms with Crippen LogP contribution in [0.3, 0.4) is 0 Å². The van der Waals surface area contributed by atoms with Crippen LogP contribution in [0.15, 0.2) is 27.4 Å². The monoisotopic (exact) mass is 438 g/mol. The lowest BCUT2D eigenvalue weighted by Gasteiger charge is -2.38. The number of oxazole rings is 1. The summed E-state index contributed by atoms with van der Waals surface area (Å²) in [6.07, 6.45) is 1.15. The third kappa shape index (κ3) is 4.11. The van der Waals surface area contributed by atoms with E-state index in [1.54, 1.807) is 50.9 Å². The first-order valence-corrected chi connectivity index (χ1v) is 11.6. The van der Waals surface area contributed by atoms with Crippen LogP contribution in [0, 0.1) is 0 Å². The van der Waals surface area contributed by atoms with E-state index in [-0.39, 0.29) is 12.1 Å². The van der Waals surface area contributed by atoms with Gasteiger partial charge in [0.25, 0.3) is 0 Å². The first kappa shape index (κ1) is 22.4. The van der Waals surface area contributed by atoms with Crippen LogP contribution in [0.5, 0.6) is 0 Å². The molecule has 0 spiro atoms. The van der Waals surface area contributed by atoms with E-state index in [1.807, 2.05) is 6.92 Å². The van der Waals surface area contributed by atoms with Crippen molar-refractivity contribution in [1.82, 2.24) is 13.8 Å². The van der Waals surface area contributed by atoms with Gasteiger partial charge in [0.2, 0.25) is 10.0 Å². The minimum Gasteiger partial charge on any atom is -0.408 e. The topological polar surface area (TPSA) is 105 Å². The fourth-order valence-corrected chi connectivity index (χ4v) is 5.14. The molecule has 2 heterocycles. The summed E-state index contributed by atoms with van der Waals surface area (Å²) < 4.78 is 32.7. The lowest BCUT2D eigenvalue weighted by atomic mass is 10.1. The number of piperidine rings is 1. The summed E-state index contributed by atoms with van der Waals surface area (Å²) in [6.45, 7) is 8.24. The predicted octanol–water partition coefficient (Wildman–Crippen LogP) is 2.67. The van der Waals surface area contributed by atoms with Gasteiger partial charge in [-0.3, -0.25) is 4.57 Å². The molecule has 0 radical (unpaired) electrons. The molecule has 0 unspecified atom stereocenters. The van der Waals surface area contributed by atoms with E-state index in [1.165, 1.54) is 8.87 Å². The summed E-state index contributed by atoms with van der Waals surface area (Å²) >= 11 is 0. The van der Waals surface area contributed by atoms with E-state index in [0.717, 1.165) is 0 Å². The van der Waals surface area contributed by atoms with Crippen molar-refractivity contribution in [2.45, 2.75) is 57.9 Å². The number of amides is 2. The number of aromatic nitrogens is 1. The second-order valence-corrected chi connectivity index (χ2v) is 11.3. The molecule has 1 saturated heterocycles. The maximum absolute atomic E-state index is 12.7. The normalized spacial score (nSPS) is 16.7. The summed E-state index contributed by atoms with van der Waals surface area (Å²) in [5.41, 5.74) is 1.63. The van der Waals surface area contributed by atoms with Crippen molar-refractivity contribution >= 4 is 32.8 Å². The zero-order valence-corrected chi connectivity index (χ0v) is 19.0. The molecule has 0 saturated carbocycles. The molecule has 1 aliphatic heterocycles. The highest BCUT2D eigenvalue weighted by molar-refractivity contribution is 7.90. The molecule has 9 nitrogen and oxygen atoms in total. The first-order chi connectivity index (χ1) is 14.0. The zero-order chi connectivity index (χ0) is 22.3. The van der Waals surface area contributed by atoms with Crippen molar-refractivity contribution in [3.8, 4) is 0 Å². The number of nitrogens with zero attached hydrogens (tertiary/aromatic N) is 3. The smallest absolute Gasteiger partial charge is 0.408 e. The largest absolute Gasteiger partial charge is 0.419 e. The highest BCUT2D eigenvalue weighted by Crippen LogP contribution is 2.26. The van der Waals surface area contributed by atoms with Crippen molar-refractivity contribution in [3.05, 3.63) is 28.7 Å². The molecule has 1 aromatic carbocycles. The van der Waals surface area contributed by atoms with Gasteiger partial charge in [0.1, 0.15) is 0 Å². The average molecular weight is 439 g/mol. The molecule has 166 valence electrons. The summed E-state index contributed by atoms with van der Waals surface area (Å²) in [5.74, 6) is -0.426. The molecular weight excluding hydrogens is 408 g/mol. The number of anilines is 1.